The Labute approximate surface area is 141 Å². The smallest absolute Gasteiger partial charge is 0.161 e. The van der Waals surface area contributed by atoms with E-state index in [0.717, 1.165) is 24.3 Å². The van der Waals surface area contributed by atoms with Crippen LogP contribution in [-0.2, 0) is 0 Å². The molecule has 0 amide bonds. The topological polar surface area (TPSA) is 68.5 Å². The zero-order valence-corrected chi connectivity index (χ0v) is 13.8. The van der Waals surface area contributed by atoms with Crippen molar-refractivity contribution in [2.24, 2.45) is 0 Å². The molecule has 1 aromatic carbocycles. The number of nitrogens with one attached hydrogen (secondary N) is 1. The van der Waals surface area contributed by atoms with Gasteiger partial charge in [-0.05, 0) is 36.6 Å². The summed E-state index contributed by atoms with van der Waals surface area (Å²) in [4.78, 5) is 0. The van der Waals surface area contributed by atoms with Gasteiger partial charge in [0.05, 0.1) is 12.1 Å². The van der Waals surface area contributed by atoms with E-state index >= 15 is 0 Å². The molecule has 6 heteroatoms. The fourth-order valence-electron chi connectivity index (χ4n) is 3.58. The van der Waals surface area contributed by atoms with E-state index in [1.807, 2.05) is 23.0 Å². The highest BCUT2D eigenvalue weighted by molar-refractivity contribution is 5.44. The second-order valence-electron chi connectivity index (χ2n) is 6.42. The largest absolute Gasteiger partial charge is 0.486 e. The van der Waals surface area contributed by atoms with Crippen LogP contribution in [0.15, 0.2) is 36.7 Å². The minimum absolute atomic E-state index is 0.00809. The van der Waals surface area contributed by atoms with Gasteiger partial charge in [-0.2, -0.15) is 5.10 Å². The summed E-state index contributed by atoms with van der Waals surface area (Å²) in [6.07, 6.45) is 5.01. The van der Waals surface area contributed by atoms with Gasteiger partial charge >= 0.3 is 0 Å². The van der Waals surface area contributed by atoms with Crippen LogP contribution in [0.4, 0.5) is 0 Å². The van der Waals surface area contributed by atoms with E-state index < -0.39 is 0 Å². The highest BCUT2D eigenvalue weighted by Gasteiger charge is 2.42. The van der Waals surface area contributed by atoms with Gasteiger partial charge in [0.15, 0.2) is 11.5 Å². The molecule has 1 aliphatic heterocycles. The molecular weight excluding hydrogens is 306 g/mol. The molecule has 1 saturated carbocycles. The number of benzene rings is 1. The van der Waals surface area contributed by atoms with Crippen molar-refractivity contribution in [3.05, 3.63) is 42.2 Å². The molecule has 2 N–H and O–H groups in total. The van der Waals surface area contributed by atoms with Crippen molar-refractivity contribution >= 4 is 0 Å². The Morgan fingerprint density at radius 1 is 1.33 bits per heavy atom. The van der Waals surface area contributed by atoms with E-state index in [4.69, 9.17) is 9.47 Å². The van der Waals surface area contributed by atoms with Crippen LogP contribution in [0.2, 0.25) is 0 Å². The van der Waals surface area contributed by atoms with E-state index in [1.54, 1.807) is 6.20 Å². The van der Waals surface area contributed by atoms with Crippen molar-refractivity contribution < 1.29 is 14.6 Å². The van der Waals surface area contributed by atoms with E-state index in [2.05, 4.69) is 29.5 Å². The average Bonchev–Trinajstić information content (AvgIpc) is 3.11. The Morgan fingerprint density at radius 2 is 2.17 bits per heavy atom. The predicted molar refractivity (Wildman–Crippen MR) is 89.3 cm³/mol. The van der Waals surface area contributed by atoms with E-state index in [0.29, 0.717) is 13.2 Å². The summed E-state index contributed by atoms with van der Waals surface area (Å²) >= 11 is 0. The number of aliphatic hydroxyl groups excluding tert-OH is 1. The van der Waals surface area contributed by atoms with Crippen LogP contribution in [-0.4, -0.2) is 40.2 Å². The van der Waals surface area contributed by atoms with Crippen LogP contribution in [0.5, 0.6) is 11.5 Å². The van der Waals surface area contributed by atoms with Gasteiger partial charge in [-0.1, -0.05) is 13.0 Å². The molecular formula is C18H23N3O3. The van der Waals surface area contributed by atoms with Gasteiger partial charge in [0.2, 0.25) is 0 Å². The van der Waals surface area contributed by atoms with E-state index in [9.17, 15) is 5.11 Å². The third kappa shape index (κ3) is 2.76. The molecule has 128 valence electrons. The lowest BCUT2D eigenvalue weighted by atomic mass is 9.82. The number of rotatable bonds is 5. The highest BCUT2D eigenvalue weighted by atomic mass is 16.6. The molecule has 1 fully saturated rings. The Morgan fingerprint density at radius 3 is 2.88 bits per heavy atom. The van der Waals surface area contributed by atoms with Gasteiger partial charge < -0.3 is 19.9 Å². The molecule has 1 aromatic heterocycles. The van der Waals surface area contributed by atoms with Crippen molar-refractivity contribution in [1.82, 2.24) is 15.1 Å². The molecule has 2 aliphatic rings. The summed E-state index contributed by atoms with van der Waals surface area (Å²) in [6, 6.07) is 8.43. The molecule has 2 heterocycles. The summed E-state index contributed by atoms with van der Waals surface area (Å²) in [7, 11) is 0. The number of hydrogen-bond acceptors (Lipinski definition) is 5. The Bertz CT molecular complexity index is 689. The summed E-state index contributed by atoms with van der Waals surface area (Å²) in [5.41, 5.74) is 1.18. The standard InChI is InChI=1S/C18H23N3O3/c1-2-13(12-4-5-16-17(10-12)24-9-8-23-16)20-14-11-15(22)18(14)21-7-3-6-19-21/h3-7,10,13-15,18,20,22H,2,8-9,11H2,1H3/t13?,14-,15+,18+/m1/s1. The molecule has 24 heavy (non-hydrogen) atoms. The Kier molecular flexibility index (Phi) is 4.16. The van der Waals surface area contributed by atoms with Gasteiger partial charge in [0.1, 0.15) is 13.2 Å². The quantitative estimate of drug-likeness (QED) is 0.879. The molecule has 0 spiro atoms. The van der Waals surface area contributed by atoms with Crippen molar-refractivity contribution in [3.63, 3.8) is 0 Å². The normalized spacial score (nSPS) is 26.7. The highest BCUT2D eigenvalue weighted by Crippen LogP contribution is 2.37. The Hall–Kier alpha value is -2.05. The summed E-state index contributed by atoms with van der Waals surface area (Å²) in [6.45, 7) is 3.36. The summed E-state index contributed by atoms with van der Waals surface area (Å²) < 4.78 is 13.1. The molecule has 1 aliphatic carbocycles. The third-order valence-electron chi connectivity index (χ3n) is 4.92. The predicted octanol–water partition coefficient (Wildman–Crippen LogP) is 2.07. The molecule has 0 saturated heterocycles. The zero-order valence-electron chi connectivity index (χ0n) is 13.8. The van der Waals surface area contributed by atoms with Crippen LogP contribution in [0.25, 0.3) is 0 Å². The lowest BCUT2D eigenvalue weighted by Gasteiger charge is -2.43. The van der Waals surface area contributed by atoms with Gasteiger partial charge in [0, 0.05) is 24.5 Å². The fraction of sp³-hybridized carbons (Fsp3) is 0.500. The summed E-state index contributed by atoms with van der Waals surface area (Å²) in [5, 5.41) is 18.1. The fourth-order valence-corrected chi connectivity index (χ4v) is 3.58. The Balaban J connectivity index is 1.50. The zero-order chi connectivity index (χ0) is 16.5. The van der Waals surface area contributed by atoms with Gasteiger partial charge in [-0.15, -0.1) is 0 Å². The molecule has 4 rings (SSSR count). The molecule has 0 bridgehead atoms. The first-order valence-electron chi connectivity index (χ1n) is 8.59. The van der Waals surface area contributed by atoms with Crippen LogP contribution in [0.1, 0.15) is 37.4 Å². The van der Waals surface area contributed by atoms with Crippen LogP contribution >= 0.6 is 0 Å². The van der Waals surface area contributed by atoms with Gasteiger partial charge in [0.25, 0.3) is 0 Å². The monoisotopic (exact) mass is 329 g/mol. The number of hydrogen-bond donors (Lipinski definition) is 2. The second kappa shape index (κ2) is 6.45. The second-order valence-corrected chi connectivity index (χ2v) is 6.42. The maximum absolute atomic E-state index is 10.1. The number of aliphatic hydroxyl groups is 1. The number of nitrogens with zero attached hydrogens (tertiary/aromatic N) is 2. The van der Waals surface area contributed by atoms with Gasteiger partial charge in [-0.3, -0.25) is 4.68 Å². The van der Waals surface area contributed by atoms with Crippen molar-refractivity contribution in [2.45, 2.75) is 44.0 Å². The van der Waals surface area contributed by atoms with Crippen molar-refractivity contribution in [3.8, 4) is 11.5 Å². The average molecular weight is 329 g/mol. The van der Waals surface area contributed by atoms with E-state index in [1.165, 1.54) is 5.56 Å². The lowest BCUT2D eigenvalue weighted by Crippen LogP contribution is -2.55. The van der Waals surface area contributed by atoms with E-state index in [-0.39, 0.29) is 24.2 Å². The number of aromatic nitrogens is 2. The third-order valence-corrected chi connectivity index (χ3v) is 4.92. The minimum atomic E-state index is -0.347. The number of fused-ring (bicyclic) bond motifs is 1. The maximum Gasteiger partial charge on any atom is 0.161 e. The molecule has 1 unspecified atom stereocenters. The lowest BCUT2D eigenvalue weighted by molar-refractivity contribution is -0.0120. The molecule has 2 aromatic rings. The van der Waals surface area contributed by atoms with Gasteiger partial charge in [-0.25, -0.2) is 0 Å². The van der Waals surface area contributed by atoms with Crippen molar-refractivity contribution in [2.75, 3.05) is 13.2 Å². The first-order chi connectivity index (χ1) is 11.8. The van der Waals surface area contributed by atoms with Crippen LogP contribution in [0, 0.1) is 0 Å². The molecule has 4 atom stereocenters. The maximum atomic E-state index is 10.1. The van der Waals surface area contributed by atoms with Crippen LogP contribution < -0.4 is 14.8 Å². The summed E-state index contributed by atoms with van der Waals surface area (Å²) in [5.74, 6) is 1.63. The molecule has 6 nitrogen and oxygen atoms in total. The first-order valence-corrected chi connectivity index (χ1v) is 8.59. The first kappa shape index (κ1) is 15.5. The van der Waals surface area contributed by atoms with Crippen molar-refractivity contribution in [1.29, 1.82) is 0 Å². The molecule has 0 radical (unpaired) electrons. The SMILES string of the molecule is CCC(N[C@@H]1C[C@H](O)[C@H]1n1cccn1)c1ccc2c(c1)OCCO2. The minimum Gasteiger partial charge on any atom is -0.486 e. The van der Waals surface area contributed by atoms with Crippen LogP contribution in [0.3, 0.4) is 0 Å². The number of ether oxygens (including phenoxy) is 2.